The van der Waals surface area contributed by atoms with E-state index in [2.05, 4.69) is 35.3 Å². The van der Waals surface area contributed by atoms with Crippen LogP contribution < -0.4 is 10.1 Å². The maximum absolute atomic E-state index is 5.55. The lowest BCUT2D eigenvalue weighted by atomic mass is 10.1. The Morgan fingerprint density at radius 2 is 1.84 bits per heavy atom. The molecule has 2 rings (SSSR count). The van der Waals surface area contributed by atoms with Gasteiger partial charge in [0.15, 0.2) is 0 Å². The third kappa shape index (κ3) is 7.76. The van der Waals surface area contributed by atoms with Gasteiger partial charge in [0.05, 0.1) is 20.3 Å². The highest BCUT2D eigenvalue weighted by atomic mass is 16.5. The minimum absolute atomic E-state index is 0.835. The molecule has 1 aromatic rings. The van der Waals surface area contributed by atoms with E-state index in [0.717, 1.165) is 51.7 Å². The number of hydrogen-bond donors (Lipinski definition) is 1. The van der Waals surface area contributed by atoms with E-state index in [0.29, 0.717) is 0 Å². The molecule has 1 fully saturated rings. The van der Waals surface area contributed by atoms with Gasteiger partial charge in [-0.1, -0.05) is 45.1 Å². The SMILES string of the molecule is CCCCCCCCNCc1ccc(OC)c(CN2CCOCC2)c1. The van der Waals surface area contributed by atoms with Crippen LogP contribution in [0.5, 0.6) is 5.75 Å². The van der Waals surface area contributed by atoms with E-state index >= 15 is 0 Å². The summed E-state index contributed by atoms with van der Waals surface area (Å²) in [5.74, 6) is 0.992. The van der Waals surface area contributed by atoms with E-state index in [1.165, 1.54) is 49.7 Å². The van der Waals surface area contributed by atoms with Crippen LogP contribution in [0.25, 0.3) is 0 Å². The molecule has 0 radical (unpaired) electrons. The Morgan fingerprint density at radius 1 is 1.08 bits per heavy atom. The molecule has 0 aliphatic carbocycles. The first kappa shape index (κ1) is 20.2. The summed E-state index contributed by atoms with van der Waals surface area (Å²) in [7, 11) is 1.76. The summed E-state index contributed by atoms with van der Waals surface area (Å²) >= 11 is 0. The number of benzene rings is 1. The second-order valence-electron chi connectivity index (χ2n) is 6.98. The molecule has 1 saturated heterocycles. The van der Waals surface area contributed by atoms with Gasteiger partial charge in [0.25, 0.3) is 0 Å². The van der Waals surface area contributed by atoms with Crippen LogP contribution in [0.4, 0.5) is 0 Å². The fourth-order valence-corrected chi connectivity index (χ4v) is 3.33. The normalized spacial score (nSPS) is 15.4. The van der Waals surface area contributed by atoms with Gasteiger partial charge in [-0.15, -0.1) is 0 Å². The first-order valence-electron chi connectivity index (χ1n) is 10.00. The number of nitrogens with zero attached hydrogens (tertiary/aromatic N) is 1. The van der Waals surface area contributed by atoms with Crippen LogP contribution in [-0.2, 0) is 17.8 Å². The molecule has 0 atom stereocenters. The molecule has 1 aromatic carbocycles. The summed E-state index contributed by atoms with van der Waals surface area (Å²) in [6, 6.07) is 6.58. The van der Waals surface area contributed by atoms with Crippen LogP contribution in [0.15, 0.2) is 18.2 Å². The van der Waals surface area contributed by atoms with Gasteiger partial charge < -0.3 is 14.8 Å². The van der Waals surface area contributed by atoms with Gasteiger partial charge >= 0.3 is 0 Å². The minimum atomic E-state index is 0.835. The number of hydrogen-bond acceptors (Lipinski definition) is 4. The lowest BCUT2D eigenvalue weighted by molar-refractivity contribution is 0.0339. The number of unbranched alkanes of at least 4 members (excludes halogenated alkanes) is 5. The Labute approximate surface area is 153 Å². The molecule has 0 spiro atoms. The smallest absolute Gasteiger partial charge is 0.123 e. The van der Waals surface area contributed by atoms with Crippen molar-refractivity contribution < 1.29 is 9.47 Å². The molecule has 142 valence electrons. The number of methoxy groups -OCH3 is 1. The number of ether oxygens (including phenoxy) is 2. The van der Waals surface area contributed by atoms with Crippen molar-refractivity contribution in [1.82, 2.24) is 10.2 Å². The molecule has 1 aliphatic heterocycles. The highest BCUT2D eigenvalue weighted by molar-refractivity contribution is 5.37. The Morgan fingerprint density at radius 3 is 2.60 bits per heavy atom. The van der Waals surface area contributed by atoms with Crippen LogP contribution in [0.2, 0.25) is 0 Å². The molecular weight excluding hydrogens is 312 g/mol. The summed E-state index contributed by atoms with van der Waals surface area (Å²) in [6.45, 7) is 8.94. The lowest BCUT2D eigenvalue weighted by Crippen LogP contribution is -2.35. The Kier molecular flexibility index (Phi) is 9.93. The first-order valence-corrected chi connectivity index (χ1v) is 10.00. The Balaban J connectivity index is 1.74. The van der Waals surface area contributed by atoms with Crippen molar-refractivity contribution in [2.24, 2.45) is 0 Å². The third-order valence-corrected chi connectivity index (χ3v) is 4.88. The average molecular weight is 349 g/mol. The molecule has 1 heterocycles. The molecular formula is C21H36N2O2. The van der Waals surface area contributed by atoms with Gasteiger partial charge in [-0.3, -0.25) is 4.90 Å². The summed E-state index contributed by atoms with van der Waals surface area (Å²) < 4.78 is 11.0. The van der Waals surface area contributed by atoms with Crippen molar-refractivity contribution in [2.75, 3.05) is 40.0 Å². The fraction of sp³-hybridized carbons (Fsp3) is 0.714. The van der Waals surface area contributed by atoms with Gasteiger partial charge in [0, 0.05) is 31.7 Å². The second kappa shape index (κ2) is 12.3. The van der Waals surface area contributed by atoms with Gasteiger partial charge in [0.1, 0.15) is 5.75 Å². The maximum atomic E-state index is 5.55. The molecule has 25 heavy (non-hydrogen) atoms. The van der Waals surface area contributed by atoms with Crippen molar-refractivity contribution in [1.29, 1.82) is 0 Å². The quantitative estimate of drug-likeness (QED) is 0.579. The first-order chi connectivity index (χ1) is 12.3. The van der Waals surface area contributed by atoms with Crippen molar-refractivity contribution >= 4 is 0 Å². The largest absolute Gasteiger partial charge is 0.496 e. The third-order valence-electron chi connectivity index (χ3n) is 4.88. The summed E-state index contributed by atoms with van der Waals surface area (Å²) in [5, 5.41) is 3.59. The zero-order valence-electron chi connectivity index (χ0n) is 16.2. The molecule has 0 aromatic heterocycles. The maximum Gasteiger partial charge on any atom is 0.123 e. The van der Waals surface area contributed by atoms with Crippen molar-refractivity contribution in [3.63, 3.8) is 0 Å². The van der Waals surface area contributed by atoms with Crippen LogP contribution >= 0.6 is 0 Å². The average Bonchev–Trinajstić information content (AvgIpc) is 2.65. The van der Waals surface area contributed by atoms with Gasteiger partial charge in [-0.05, 0) is 30.7 Å². The van der Waals surface area contributed by atoms with E-state index in [4.69, 9.17) is 9.47 Å². The fourth-order valence-electron chi connectivity index (χ4n) is 3.33. The van der Waals surface area contributed by atoms with Crippen LogP contribution in [0, 0.1) is 0 Å². The number of rotatable bonds is 12. The van der Waals surface area contributed by atoms with Gasteiger partial charge in [-0.2, -0.15) is 0 Å². The zero-order valence-corrected chi connectivity index (χ0v) is 16.2. The van der Waals surface area contributed by atoms with Gasteiger partial charge in [-0.25, -0.2) is 0 Å². The second-order valence-corrected chi connectivity index (χ2v) is 6.98. The molecule has 0 saturated carbocycles. The molecule has 1 aliphatic rings. The summed E-state index contributed by atoms with van der Waals surface area (Å²) in [5.41, 5.74) is 2.62. The summed E-state index contributed by atoms with van der Waals surface area (Å²) in [6.07, 6.45) is 8.09. The van der Waals surface area contributed by atoms with Crippen LogP contribution in [-0.4, -0.2) is 44.9 Å². The minimum Gasteiger partial charge on any atom is -0.496 e. The van der Waals surface area contributed by atoms with Crippen molar-refractivity contribution in [3.05, 3.63) is 29.3 Å². The predicted octanol–water partition coefficient (Wildman–Crippen LogP) is 3.98. The van der Waals surface area contributed by atoms with E-state index in [9.17, 15) is 0 Å². The van der Waals surface area contributed by atoms with E-state index < -0.39 is 0 Å². The number of nitrogens with one attached hydrogen (secondary N) is 1. The van der Waals surface area contributed by atoms with Gasteiger partial charge in [0.2, 0.25) is 0 Å². The van der Waals surface area contributed by atoms with Crippen LogP contribution in [0.1, 0.15) is 56.6 Å². The Bertz CT molecular complexity index is 473. The molecule has 1 N–H and O–H groups in total. The standard InChI is InChI=1S/C21H36N2O2/c1-3-4-5-6-7-8-11-22-17-19-9-10-21(24-2)20(16-19)18-23-12-14-25-15-13-23/h9-10,16,22H,3-8,11-15,17-18H2,1-2H3. The molecule has 4 heteroatoms. The molecule has 0 unspecified atom stereocenters. The molecule has 0 amide bonds. The van der Waals surface area contributed by atoms with Crippen molar-refractivity contribution in [2.45, 2.75) is 58.5 Å². The highest BCUT2D eigenvalue weighted by Crippen LogP contribution is 2.22. The zero-order chi connectivity index (χ0) is 17.7. The lowest BCUT2D eigenvalue weighted by Gasteiger charge is -2.27. The Hall–Kier alpha value is -1.10. The summed E-state index contributed by atoms with van der Waals surface area (Å²) in [4.78, 5) is 2.44. The molecule has 0 bridgehead atoms. The highest BCUT2D eigenvalue weighted by Gasteiger charge is 2.13. The predicted molar refractivity (Wildman–Crippen MR) is 104 cm³/mol. The number of morpholine rings is 1. The van der Waals surface area contributed by atoms with E-state index in [-0.39, 0.29) is 0 Å². The monoisotopic (exact) mass is 348 g/mol. The van der Waals surface area contributed by atoms with Crippen LogP contribution in [0.3, 0.4) is 0 Å². The topological polar surface area (TPSA) is 33.7 Å². The van der Waals surface area contributed by atoms with E-state index in [1.807, 2.05) is 0 Å². The van der Waals surface area contributed by atoms with Crippen molar-refractivity contribution in [3.8, 4) is 5.75 Å². The molecule has 4 nitrogen and oxygen atoms in total. The van der Waals surface area contributed by atoms with E-state index in [1.54, 1.807) is 7.11 Å².